The van der Waals surface area contributed by atoms with Crippen molar-refractivity contribution in [2.45, 2.75) is 50.3 Å². The van der Waals surface area contributed by atoms with Crippen molar-refractivity contribution >= 4 is 0 Å². The average molecular weight is 434 g/mol. The van der Waals surface area contributed by atoms with Gasteiger partial charge in [-0.25, -0.2) is 4.39 Å². The molecule has 0 spiro atoms. The quantitative estimate of drug-likeness (QED) is 0.542. The Kier molecular flexibility index (Phi) is 6.45. The molecule has 0 aliphatic carbocycles. The number of aliphatic hydroxyl groups excluding tert-OH is 4. The summed E-state index contributed by atoms with van der Waals surface area (Å²) >= 11 is 0. The number of fused-ring (bicyclic) bond motifs is 1. The molecule has 4 N–H and O–H groups in total. The van der Waals surface area contributed by atoms with Gasteiger partial charge in [0.2, 0.25) is 0 Å². The molecule has 0 saturated carbocycles. The van der Waals surface area contributed by atoms with Gasteiger partial charge in [0.1, 0.15) is 36.3 Å². The van der Waals surface area contributed by atoms with Gasteiger partial charge in [0.15, 0.2) is 11.6 Å². The fourth-order valence-electron chi connectivity index (χ4n) is 4.23. The highest BCUT2D eigenvalue weighted by atomic mass is 19.1. The Balaban J connectivity index is 1.66. The second-order valence-electron chi connectivity index (χ2n) is 7.89. The number of halogens is 1. The molecule has 168 valence electrons. The molecule has 0 unspecified atom stereocenters. The number of hydrogen-bond donors (Lipinski definition) is 4. The summed E-state index contributed by atoms with van der Waals surface area (Å²) in [6.45, 7) is 2.18. The lowest BCUT2D eigenvalue weighted by Crippen LogP contribution is -2.55. The van der Waals surface area contributed by atoms with Gasteiger partial charge in [-0.1, -0.05) is 6.07 Å². The molecule has 0 amide bonds. The zero-order valence-electron chi connectivity index (χ0n) is 17.2. The zero-order chi connectivity index (χ0) is 22.1. The summed E-state index contributed by atoms with van der Waals surface area (Å²) in [7, 11) is 0. The van der Waals surface area contributed by atoms with E-state index in [4.69, 9.17) is 14.2 Å². The lowest BCUT2D eigenvalue weighted by atomic mass is 9.88. The van der Waals surface area contributed by atoms with Gasteiger partial charge >= 0.3 is 0 Å². The first kappa shape index (κ1) is 22.0. The number of benzene rings is 2. The largest absolute Gasteiger partial charge is 0.493 e. The van der Waals surface area contributed by atoms with E-state index in [1.54, 1.807) is 25.1 Å². The highest BCUT2D eigenvalue weighted by Gasteiger charge is 2.44. The van der Waals surface area contributed by atoms with E-state index in [1.165, 1.54) is 6.07 Å². The van der Waals surface area contributed by atoms with Crippen LogP contribution >= 0.6 is 0 Å². The summed E-state index contributed by atoms with van der Waals surface area (Å²) in [5.41, 5.74) is 3.05. The van der Waals surface area contributed by atoms with E-state index in [-0.39, 0.29) is 5.75 Å². The number of ether oxygens (including phenoxy) is 3. The third-order valence-electron chi connectivity index (χ3n) is 5.79. The number of aliphatic hydroxyl groups is 4. The molecule has 2 aliphatic heterocycles. The van der Waals surface area contributed by atoms with Crippen LogP contribution in [0.25, 0.3) is 0 Å². The van der Waals surface area contributed by atoms with Crippen molar-refractivity contribution in [1.82, 2.24) is 0 Å². The van der Waals surface area contributed by atoms with Crippen LogP contribution < -0.4 is 9.47 Å². The monoisotopic (exact) mass is 434 g/mol. The van der Waals surface area contributed by atoms with Crippen molar-refractivity contribution < 1.29 is 39.0 Å². The molecule has 2 aromatic rings. The van der Waals surface area contributed by atoms with Crippen molar-refractivity contribution in [2.24, 2.45) is 0 Å². The summed E-state index contributed by atoms with van der Waals surface area (Å²) in [4.78, 5) is 0. The Morgan fingerprint density at radius 1 is 1.10 bits per heavy atom. The summed E-state index contributed by atoms with van der Waals surface area (Å²) in [6, 6.07) is 8.45. The van der Waals surface area contributed by atoms with Gasteiger partial charge in [-0.15, -0.1) is 0 Å². The summed E-state index contributed by atoms with van der Waals surface area (Å²) in [6.07, 6.45) is -5.10. The van der Waals surface area contributed by atoms with Crippen molar-refractivity contribution in [3.05, 3.63) is 58.4 Å². The van der Waals surface area contributed by atoms with Crippen LogP contribution in [0.15, 0.2) is 30.3 Å². The van der Waals surface area contributed by atoms with E-state index < -0.39 is 42.9 Å². The molecule has 1 saturated heterocycles. The van der Waals surface area contributed by atoms with E-state index in [9.17, 15) is 24.8 Å². The SMILES string of the molecule is CCOc1ccc(Cc2cc([C@@H]3O[C@H](CO)[C@@H](O)[C@H](O)[C@H]3O)cc3c2OCC3)cc1F. The first-order valence-corrected chi connectivity index (χ1v) is 10.4. The Labute approximate surface area is 179 Å². The van der Waals surface area contributed by atoms with Crippen LogP contribution in [0.4, 0.5) is 4.39 Å². The standard InChI is InChI=1S/C23H27FO7/c1-2-29-17-4-3-12(8-16(17)24)7-14-10-15(9-13-5-6-30-22(13)14)23-21(28)20(27)19(26)18(11-25)31-23/h3-4,8-10,18-21,23,25-28H,2,5-7,11H2,1H3/t18-,19-,20+,21-,23+/m1/s1. The Bertz CT molecular complexity index is 932. The molecule has 2 aromatic carbocycles. The second kappa shape index (κ2) is 9.10. The first-order chi connectivity index (χ1) is 14.9. The molecule has 7 nitrogen and oxygen atoms in total. The highest BCUT2D eigenvalue weighted by molar-refractivity contribution is 5.50. The minimum absolute atomic E-state index is 0.197. The van der Waals surface area contributed by atoms with Crippen molar-refractivity contribution in [3.63, 3.8) is 0 Å². The van der Waals surface area contributed by atoms with E-state index in [0.717, 1.165) is 22.4 Å². The molecule has 0 radical (unpaired) electrons. The first-order valence-electron chi connectivity index (χ1n) is 10.4. The minimum Gasteiger partial charge on any atom is -0.493 e. The topological polar surface area (TPSA) is 109 Å². The molecule has 4 rings (SSSR count). The molecular weight excluding hydrogens is 407 g/mol. The molecule has 0 aromatic heterocycles. The smallest absolute Gasteiger partial charge is 0.165 e. The molecule has 31 heavy (non-hydrogen) atoms. The van der Waals surface area contributed by atoms with Crippen molar-refractivity contribution in [3.8, 4) is 11.5 Å². The Hall–Kier alpha value is -2.23. The van der Waals surface area contributed by atoms with Gasteiger partial charge in [0.05, 0.1) is 19.8 Å². The molecule has 2 heterocycles. The van der Waals surface area contributed by atoms with Crippen LogP contribution in [0, 0.1) is 5.82 Å². The van der Waals surface area contributed by atoms with Crippen LogP contribution in [-0.4, -0.2) is 64.7 Å². The lowest BCUT2D eigenvalue weighted by Gasteiger charge is -2.40. The van der Waals surface area contributed by atoms with Gasteiger partial charge in [-0.2, -0.15) is 0 Å². The van der Waals surface area contributed by atoms with Crippen LogP contribution in [-0.2, 0) is 17.6 Å². The maximum Gasteiger partial charge on any atom is 0.165 e. The van der Waals surface area contributed by atoms with Gasteiger partial charge in [0.25, 0.3) is 0 Å². The minimum atomic E-state index is -1.45. The van der Waals surface area contributed by atoms with E-state index in [0.29, 0.717) is 31.6 Å². The Morgan fingerprint density at radius 3 is 2.61 bits per heavy atom. The van der Waals surface area contributed by atoms with Crippen LogP contribution in [0.2, 0.25) is 0 Å². The highest BCUT2D eigenvalue weighted by Crippen LogP contribution is 2.39. The molecular formula is C23H27FO7. The van der Waals surface area contributed by atoms with Crippen molar-refractivity contribution in [1.29, 1.82) is 0 Å². The summed E-state index contributed by atoms with van der Waals surface area (Å²) in [5, 5.41) is 40.2. The van der Waals surface area contributed by atoms with Gasteiger partial charge < -0.3 is 34.6 Å². The average Bonchev–Trinajstić information content (AvgIpc) is 3.23. The lowest BCUT2D eigenvalue weighted by molar-refractivity contribution is -0.231. The molecule has 1 fully saturated rings. The van der Waals surface area contributed by atoms with Crippen LogP contribution in [0.1, 0.15) is 35.3 Å². The third kappa shape index (κ3) is 4.26. The second-order valence-corrected chi connectivity index (χ2v) is 7.89. The van der Waals surface area contributed by atoms with Crippen LogP contribution in [0.3, 0.4) is 0 Å². The summed E-state index contributed by atoms with van der Waals surface area (Å²) in [5.74, 6) is 0.479. The zero-order valence-corrected chi connectivity index (χ0v) is 17.2. The number of rotatable bonds is 6. The van der Waals surface area contributed by atoms with Gasteiger partial charge in [0, 0.05) is 12.8 Å². The maximum atomic E-state index is 14.3. The molecule has 5 atom stereocenters. The fourth-order valence-corrected chi connectivity index (χ4v) is 4.23. The molecule has 2 aliphatic rings. The third-order valence-corrected chi connectivity index (χ3v) is 5.79. The fraction of sp³-hybridized carbons (Fsp3) is 0.478. The predicted octanol–water partition coefficient (Wildman–Crippen LogP) is 1.26. The van der Waals surface area contributed by atoms with Gasteiger partial charge in [-0.3, -0.25) is 0 Å². The van der Waals surface area contributed by atoms with E-state index >= 15 is 0 Å². The van der Waals surface area contributed by atoms with Crippen molar-refractivity contribution in [2.75, 3.05) is 19.8 Å². The van der Waals surface area contributed by atoms with Gasteiger partial charge in [-0.05, 0) is 53.4 Å². The predicted molar refractivity (Wildman–Crippen MR) is 109 cm³/mol. The normalized spacial score (nSPS) is 27.6. The van der Waals surface area contributed by atoms with E-state index in [2.05, 4.69) is 0 Å². The molecule has 8 heteroatoms. The maximum absolute atomic E-state index is 14.3. The Morgan fingerprint density at radius 2 is 1.90 bits per heavy atom. The number of hydrogen-bond acceptors (Lipinski definition) is 7. The van der Waals surface area contributed by atoms with Crippen LogP contribution in [0.5, 0.6) is 11.5 Å². The van der Waals surface area contributed by atoms with E-state index in [1.807, 2.05) is 6.07 Å². The summed E-state index contributed by atoms with van der Waals surface area (Å²) < 4.78 is 31.1. The molecule has 0 bridgehead atoms.